The lowest BCUT2D eigenvalue weighted by atomic mass is 10.1. The summed E-state index contributed by atoms with van der Waals surface area (Å²) in [7, 11) is 1.73. The molecule has 0 rings (SSSR count). The number of nitrogens with one attached hydrogen (secondary N) is 1. The fourth-order valence-electron chi connectivity index (χ4n) is 1.28. The normalized spacial score (nSPS) is 12.3. The van der Waals surface area contributed by atoms with E-state index >= 15 is 0 Å². The zero-order chi connectivity index (χ0) is 12.7. The number of carbonyl (C=O) groups excluding carboxylic acids is 1. The molecule has 1 atom stereocenters. The zero-order valence-electron chi connectivity index (χ0n) is 10.5. The molecule has 1 unspecified atom stereocenters. The van der Waals surface area contributed by atoms with Gasteiger partial charge in [-0.2, -0.15) is 0 Å². The lowest BCUT2D eigenvalue weighted by molar-refractivity contribution is -0.141. The van der Waals surface area contributed by atoms with Crippen LogP contribution in [0, 0.1) is 11.8 Å². The third kappa shape index (κ3) is 6.27. The summed E-state index contributed by atoms with van der Waals surface area (Å²) in [6.07, 6.45) is 0.455. The summed E-state index contributed by atoms with van der Waals surface area (Å²) in [5.41, 5.74) is 0. The molecule has 5 heteroatoms. The fraction of sp³-hybridized carbons (Fsp3) is 0.818. The van der Waals surface area contributed by atoms with E-state index in [-0.39, 0.29) is 6.03 Å². The van der Waals surface area contributed by atoms with Gasteiger partial charge in [-0.15, -0.1) is 0 Å². The molecule has 2 amide bonds. The molecule has 0 aliphatic carbocycles. The Morgan fingerprint density at radius 1 is 1.31 bits per heavy atom. The van der Waals surface area contributed by atoms with Crippen LogP contribution in [0.15, 0.2) is 0 Å². The van der Waals surface area contributed by atoms with Crippen molar-refractivity contribution in [1.29, 1.82) is 0 Å². The molecule has 5 nitrogen and oxygen atoms in total. The van der Waals surface area contributed by atoms with Gasteiger partial charge in [-0.05, 0) is 12.3 Å². The van der Waals surface area contributed by atoms with E-state index in [9.17, 15) is 9.59 Å². The molecule has 0 aliphatic heterocycles. The van der Waals surface area contributed by atoms with Crippen LogP contribution in [0.5, 0.6) is 0 Å². The van der Waals surface area contributed by atoms with Gasteiger partial charge in [0.05, 0.1) is 5.92 Å². The molecule has 0 aromatic rings. The summed E-state index contributed by atoms with van der Waals surface area (Å²) < 4.78 is 0. The first kappa shape index (κ1) is 14.7. The average molecular weight is 230 g/mol. The lowest BCUT2D eigenvalue weighted by Gasteiger charge is -2.20. The summed E-state index contributed by atoms with van der Waals surface area (Å²) in [5, 5.41) is 11.3. The molecular formula is C11H22N2O3. The van der Waals surface area contributed by atoms with Crippen molar-refractivity contribution >= 4 is 12.0 Å². The quantitative estimate of drug-likeness (QED) is 0.724. The Hall–Kier alpha value is -1.26. The summed E-state index contributed by atoms with van der Waals surface area (Å²) in [6.45, 7) is 6.80. The van der Waals surface area contributed by atoms with Gasteiger partial charge in [0, 0.05) is 20.1 Å². The van der Waals surface area contributed by atoms with Crippen LogP contribution in [-0.2, 0) is 4.79 Å². The minimum Gasteiger partial charge on any atom is -0.481 e. The van der Waals surface area contributed by atoms with Gasteiger partial charge in [-0.1, -0.05) is 20.8 Å². The van der Waals surface area contributed by atoms with E-state index in [1.165, 1.54) is 0 Å². The van der Waals surface area contributed by atoms with Crippen molar-refractivity contribution in [2.45, 2.75) is 27.2 Å². The van der Waals surface area contributed by atoms with Crippen molar-refractivity contribution in [3.8, 4) is 0 Å². The van der Waals surface area contributed by atoms with Crippen molar-refractivity contribution in [1.82, 2.24) is 10.2 Å². The van der Waals surface area contributed by atoms with Crippen LogP contribution in [0.2, 0.25) is 0 Å². The largest absolute Gasteiger partial charge is 0.481 e. The molecule has 0 aromatic heterocycles. The number of aliphatic carboxylic acids is 1. The van der Waals surface area contributed by atoms with Crippen molar-refractivity contribution in [2.24, 2.45) is 11.8 Å². The van der Waals surface area contributed by atoms with E-state index in [1.54, 1.807) is 18.9 Å². The SMILES string of the molecule is CC(C)CN(C)C(=O)NCCC(C)C(=O)O. The maximum Gasteiger partial charge on any atom is 0.317 e. The molecule has 0 aliphatic rings. The molecule has 94 valence electrons. The van der Waals surface area contributed by atoms with Crippen LogP contribution < -0.4 is 5.32 Å². The average Bonchev–Trinajstić information content (AvgIpc) is 2.15. The molecular weight excluding hydrogens is 208 g/mol. The van der Waals surface area contributed by atoms with Gasteiger partial charge >= 0.3 is 12.0 Å². The Labute approximate surface area is 96.8 Å². The van der Waals surface area contributed by atoms with Crippen LogP contribution in [0.3, 0.4) is 0 Å². The van der Waals surface area contributed by atoms with Crippen LogP contribution >= 0.6 is 0 Å². The highest BCUT2D eigenvalue weighted by Crippen LogP contribution is 2.00. The van der Waals surface area contributed by atoms with E-state index in [4.69, 9.17) is 5.11 Å². The second-order valence-corrected chi connectivity index (χ2v) is 4.53. The highest BCUT2D eigenvalue weighted by molar-refractivity contribution is 5.74. The minimum atomic E-state index is -0.829. The van der Waals surface area contributed by atoms with E-state index in [1.807, 2.05) is 13.8 Å². The summed E-state index contributed by atoms with van der Waals surface area (Å²) >= 11 is 0. The number of carboxylic acid groups (broad SMARTS) is 1. The zero-order valence-corrected chi connectivity index (χ0v) is 10.5. The summed E-state index contributed by atoms with van der Waals surface area (Å²) in [4.78, 5) is 23.6. The van der Waals surface area contributed by atoms with E-state index in [0.29, 0.717) is 25.4 Å². The minimum absolute atomic E-state index is 0.147. The van der Waals surface area contributed by atoms with Crippen molar-refractivity contribution in [3.05, 3.63) is 0 Å². The first-order valence-electron chi connectivity index (χ1n) is 5.56. The Morgan fingerprint density at radius 2 is 1.88 bits per heavy atom. The Kier molecular flexibility index (Phi) is 6.53. The monoisotopic (exact) mass is 230 g/mol. The smallest absolute Gasteiger partial charge is 0.317 e. The van der Waals surface area contributed by atoms with Gasteiger partial charge in [-0.3, -0.25) is 4.79 Å². The third-order valence-electron chi connectivity index (χ3n) is 2.26. The predicted octanol–water partition coefficient (Wildman–Crippen LogP) is 1.39. The molecule has 0 heterocycles. The van der Waals surface area contributed by atoms with Crippen LogP contribution in [-0.4, -0.2) is 42.1 Å². The van der Waals surface area contributed by atoms with Gasteiger partial charge in [0.15, 0.2) is 0 Å². The molecule has 0 bridgehead atoms. The fourth-order valence-corrected chi connectivity index (χ4v) is 1.28. The highest BCUT2D eigenvalue weighted by atomic mass is 16.4. The van der Waals surface area contributed by atoms with Crippen LogP contribution in [0.25, 0.3) is 0 Å². The number of hydrogen-bond donors (Lipinski definition) is 2. The Bertz CT molecular complexity index is 241. The number of nitrogens with zero attached hydrogens (tertiary/aromatic N) is 1. The van der Waals surface area contributed by atoms with Crippen molar-refractivity contribution in [2.75, 3.05) is 20.1 Å². The molecule has 16 heavy (non-hydrogen) atoms. The van der Waals surface area contributed by atoms with E-state index in [2.05, 4.69) is 5.32 Å². The predicted molar refractivity (Wildman–Crippen MR) is 62.3 cm³/mol. The third-order valence-corrected chi connectivity index (χ3v) is 2.26. The summed E-state index contributed by atoms with van der Waals surface area (Å²) in [6, 6.07) is -0.147. The maximum absolute atomic E-state index is 11.5. The van der Waals surface area contributed by atoms with Gasteiger partial charge in [-0.25, -0.2) is 4.79 Å². The van der Waals surface area contributed by atoms with Crippen molar-refractivity contribution < 1.29 is 14.7 Å². The number of carbonyl (C=O) groups is 2. The molecule has 0 aromatic carbocycles. The first-order valence-corrected chi connectivity index (χ1v) is 5.56. The molecule has 0 saturated heterocycles. The number of rotatable bonds is 6. The van der Waals surface area contributed by atoms with Gasteiger partial charge in [0.1, 0.15) is 0 Å². The number of carboxylic acids is 1. The Morgan fingerprint density at radius 3 is 2.31 bits per heavy atom. The van der Waals surface area contributed by atoms with Crippen LogP contribution in [0.4, 0.5) is 4.79 Å². The molecule has 0 saturated carbocycles. The van der Waals surface area contributed by atoms with Crippen molar-refractivity contribution in [3.63, 3.8) is 0 Å². The molecule has 0 spiro atoms. The topological polar surface area (TPSA) is 69.6 Å². The lowest BCUT2D eigenvalue weighted by Crippen LogP contribution is -2.40. The van der Waals surface area contributed by atoms with E-state index < -0.39 is 11.9 Å². The van der Waals surface area contributed by atoms with Gasteiger partial charge in [0.2, 0.25) is 0 Å². The summed E-state index contributed by atoms with van der Waals surface area (Å²) in [5.74, 6) is -0.825. The second kappa shape index (κ2) is 7.09. The Balaban J connectivity index is 3.77. The molecule has 0 fully saturated rings. The van der Waals surface area contributed by atoms with Crippen LogP contribution in [0.1, 0.15) is 27.2 Å². The van der Waals surface area contributed by atoms with Gasteiger partial charge in [0.25, 0.3) is 0 Å². The first-order chi connectivity index (χ1) is 7.34. The van der Waals surface area contributed by atoms with Gasteiger partial charge < -0.3 is 15.3 Å². The maximum atomic E-state index is 11.5. The molecule has 0 radical (unpaired) electrons. The number of amides is 2. The number of urea groups is 1. The standard InChI is InChI=1S/C11H22N2O3/c1-8(2)7-13(4)11(16)12-6-5-9(3)10(14)15/h8-9H,5-7H2,1-4H3,(H,12,16)(H,14,15). The second-order valence-electron chi connectivity index (χ2n) is 4.53. The van der Waals surface area contributed by atoms with E-state index in [0.717, 1.165) is 0 Å². The molecule has 2 N–H and O–H groups in total. The number of hydrogen-bond acceptors (Lipinski definition) is 2. The highest BCUT2D eigenvalue weighted by Gasteiger charge is 2.12.